The van der Waals surface area contributed by atoms with E-state index in [0.29, 0.717) is 5.69 Å². The summed E-state index contributed by atoms with van der Waals surface area (Å²) in [5.41, 5.74) is 2.38. The van der Waals surface area contributed by atoms with Crippen LogP contribution in [-0.4, -0.2) is 41.2 Å². The van der Waals surface area contributed by atoms with Gasteiger partial charge >= 0.3 is 5.97 Å². The number of hydrogen-bond donors (Lipinski definition) is 1. The summed E-state index contributed by atoms with van der Waals surface area (Å²) in [6.07, 6.45) is 4.98. The van der Waals surface area contributed by atoms with Crippen LogP contribution in [0.4, 0.5) is 5.69 Å². The number of imide groups is 1. The monoisotopic (exact) mass is 458 g/mol. The fraction of sp³-hybridized carbons (Fsp3) is 0.333. The van der Waals surface area contributed by atoms with Crippen LogP contribution in [0.2, 0.25) is 0 Å². The van der Waals surface area contributed by atoms with E-state index in [1.54, 1.807) is 12.1 Å². The average Bonchev–Trinajstić information content (AvgIpc) is 3.51. The van der Waals surface area contributed by atoms with Crippen LogP contribution in [0.1, 0.15) is 17.5 Å². The van der Waals surface area contributed by atoms with Gasteiger partial charge in [0.2, 0.25) is 11.8 Å². The van der Waals surface area contributed by atoms with Gasteiger partial charge in [0.05, 0.1) is 11.8 Å². The Morgan fingerprint density at radius 2 is 1.68 bits per heavy atom. The molecule has 1 saturated heterocycles. The highest BCUT2D eigenvalue weighted by Gasteiger charge is 2.61. The molecule has 2 aromatic rings. The van der Waals surface area contributed by atoms with Crippen molar-refractivity contribution in [3.63, 3.8) is 0 Å². The molecule has 174 valence electrons. The van der Waals surface area contributed by atoms with Crippen molar-refractivity contribution >= 4 is 29.4 Å². The number of ether oxygens (including phenoxy) is 1. The van der Waals surface area contributed by atoms with Crippen molar-refractivity contribution in [3.05, 3.63) is 77.9 Å². The Kier molecular flexibility index (Phi) is 5.77. The molecule has 2 bridgehead atoms. The zero-order chi connectivity index (χ0) is 23.8. The summed E-state index contributed by atoms with van der Waals surface area (Å²) in [5.74, 6) is -2.59. The summed E-state index contributed by atoms with van der Waals surface area (Å²) in [4.78, 5) is 53.3. The zero-order valence-corrected chi connectivity index (χ0v) is 18.8. The Morgan fingerprint density at radius 3 is 2.32 bits per heavy atom. The number of carbonyl (C=O) groups is 4. The molecular weight excluding hydrogens is 432 g/mol. The third kappa shape index (κ3) is 4.02. The molecule has 1 heterocycles. The zero-order valence-electron chi connectivity index (χ0n) is 18.8. The van der Waals surface area contributed by atoms with Crippen LogP contribution in [-0.2, 0) is 30.3 Å². The molecule has 0 aromatic heterocycles. The number of allylic oxidation sites excluding steroid dienone is 2. The van der Waals surface area contributed by atoms with Crippen LogP contribution in [0, 0.1) is 30.6 Å². The van der Waals surface area contributed by atoms with Gasteiger partial charge in [-0.2, -0.15) is 0 Å². The van der Waals surface area contributed by atoms with E-state index in [0.717, 1.165) is 22.4 Å². The number of hydrogen-bond acceptors (Lipinski definition) is 5. The highest BCUT2D eigenvalue weighted by molar-refractivity contribution is 6.09. The molecule has 2 aromatic carbocycles. The third-order valence-corrected chi connectivity index (χ3v) is 7.01. The van der Waals surface area contributed by atoms with Gasteiger partial charge in [0.25, 0.3) is 5.91 Å². The summed E-state index contributed by atoms with van der Waals surface area (Å²) >= 11 is 0. The maximum absolute atomic E-state index is 13.3. The molecule has 5 atom stereocenters. The minimum Gasteiger partial charge on any atom is -0.454 e. The Hall–Kier alpha value is -3.74. The van der Waals surface area contributed by atoms with Crippen molar-refractivity contribution in [2.24, 2.45) is 23.7 Å². The van der Waals surface area contributed by atoms with Gasteiger partial charge < -0.3 is 10.1 Å². The number of fused-ring (bicyclic) bond motifs is 5. The highest BCUT2D eigenvalue weighted by Crippen LogP contribution is 2.53. The molecule has 2 fully saturated rings. The number of esters is 1. The van der Waals surface area contributed by atoms with Crippen LogP contribution >= 0.6 is 0 Å². The smallest absolute Gasteiger partial charge is 0.330 e. The van der Waals surface area contributed by atoms with E-state index in [1.807, 2.05) is 61.5 Å². The number of nitrogens with zero attached hydrogens (tertiary/aromatic N) is 1. The standard InChI is InChI=1S/C27H26N2O5/c1-16-6-5-9-20(12-16)28-22(30)15-34-27(33)21(13-17-7-3-2-4-8-17)29-25(31)23-18-10-11-19(14-18)24(23)26(29)32/h2-12,18-19,21,23-24H,13-15H2,1H3,(H,28,30)/t18-,19-,21+,23-,24+/m0/s1. The lowest BCUT2D eigenvalue weighted by Crippen LogP contribution is -2.48. The van der Waals surface area contributed by atoms with E-state index in [2.05, 4.69) is 5.32 Å². The molecule has 3 amide bonds. The van der Waals surface area contributed by atoms with Gasteiger partial charge in [0.15, 0.2) is 6.61 Å². The molecule has 2 aliphatic carbocycles. The maximum Gasteiger partial charge on any atom is 0.330 e. The molecule has 0 unspecified atom stereocenters. The van der Waals surface area contributed by atoms with Crippen LogP contribution in [0.25, 0.3) is 0 Å². The number of amides is 3. The summed E-state index contributed by atoms with van der Waals surface area (Å²) in [7, 11) is 0. The van der Waals surface area contributed by atoms with Gasteiger partial charge in [-0.15, -0.1) is 0 Å². The van der Waals surface area contributed by atoms with Crippen molar-refractivity contribution in [1.82, 2.24) is 4.90 Å². The topological polar surface area (TPSA) is 92.8 Å². The number of anilines is 1. The van der Waals surface area contributed by atoms with E-state index < -0.39 is 36.4 Å². The first kappa shape index (κ1) is 22.1. The van der Waals surface area contributed by atoms with Gasteiger partial charge in [-0.25, -0.2) is 4.79 Å². The molecule has 0 spiro atoms. The van der Waals surface area contributed by atoms with Crippen LogP contribution < -0.4 is 5.32 Å². The largest absolute Gasteiger partial charge is 0.454 e. The minimum atomic E-state index is -1.11. The van der Waals surface area contributed by atoms with Crippen LogP contribution in [0.15, 0.2) is 66.7 Å². The number of benzene rings is 2. The molecule has 34 heavy (non-hydrogen) atoms. The van der Waals surface area contributed by atoms with Gasteiger partial charge in [-0.1, -0.05) is 54.6 Å². The number of rotatable bonds is 7. The molecule has 1 aliphatic heterocycles. The van der Waals surface area contributed by atoms with Gasteiger partial charge in [0.1, 0.15) is 6.04 Å². The van der Waals surface area contributed by atoms with E-state index in [1.165, 1.54) is 0 Å². The highest BCUT2D eigenvalue weighted by atomic mass is 16.5. The Balaban J connectivity index is 1.32. The van der Waals surface area contributed by atoms with E-state index >= 15 is 0 Å². The average molecular weight is 459 g/mol. The summed E-state index contributed by atoms with van der Waals surface area (Å²) in [6, 6.07) is 15.4. The molecule has 1 saturated carbocycles. The van der Waals surface area contributed by atoms with Gasteiger partial charge in [-0.3, -0.25) is 19.3 Å². The van der Waals surface area contributed by atoms with Gasteiger partial charge in [0, 0.05) is 12.1 Å². The van der Waals surface area contributed by atoms with Crippen LogP contribution in [0.3, 0.4) is 0 Å². The van der Waals surface area contributed by atoms with Crippen molar-refractivity contribution in [1.29, 1.82) is 0 Å². The molecule has 1 N–H and O–H groups in total. The second-order valence-electron chi connectivity index (χ2n) is 9.28. The first-order valence-electron chi connectivity index (χ1n) is 11.5. The van der Waals surface area contributed by atoms with E-state index in [9.17, 15) is 19.2 Å². The molecular formula is C27H26N2O5. The Morgan fingerprint density at radius 1 is 1.00 bits per heavy atom. The van der Waals surface area contributed by atoms with E-state index in [4.69, 9.17) is 4.74 Å². The fourth-order valence-electron chi connectivity index (χ4n) is 5.50. The summed E-state index contributed by atoms with van der Waals surface area (Å²) in [5, 5.41) is 2.69. The Bertz CT molecular complexity index is 1140. The number of likely N-dealkylation sites (tertiary alicyclic amines) is 1. The van der Waals surface area contributed by atoms with Crippen LogP contribution in [0.5, 0.6) is 0 Å². The first-order chi connectivity index (χ1) is 16.4. The lowest BCUT2D eigenvalue weighted by atomic mass is 9.85. The first-order valence-corrected chi connectivity index (χ1v) is 11.5. The minimum absolute atomic E-state index is 0.0463. The molecule has 0 radical (unpaired) electrons. The summed E-state index contributed by atoms with van der Waals surface area (Å²) < 4.78 is 5.33. The predicted molar refractivity (Wildman–Crippen MR) is 124 cm³/mol. The van der Waals surface area contributed by atoms with Crippen molar-refractivity contribution in [3.8, 4) is 0 Å². The predicted octanol–water partition coefficient (Wildman–Crippen LogP) is 2.90. The van der Waals surface area contributed by atoms with Crippen molar-refractivity contribution in [2.45, 2.75) is 25.8 Å². The SMILES string of the molecule is Cc1cccc(NC(=O)COC(=O)[C@@H](Cc2ccccc2)N2C(=O)[C@@H]3[C@H](C2=O)[C@H]2C=C[C@H]3C2)c1. The summed E-state index contributed by atoms with van der Waals surface area (Å²) in [6.45, 7) is 1.40. The lowest BCUT2D eigenvalue weighted by molar-refractivity contribution is -0.160. The van der Waals surface area contributed by atoms with Crippen molar-refractivity contribution in [2.75, 3.05) is 11.9 Å². The third-order valence-electron chi connectivity index (χ3n) is 7.01. The molecule has 7 heteroatoms. The number of carbonyl (C=O) groups excluding carboxylic acids is 4. The normalized spacial score (nSPS) is 25.4. The fourth-order valence-corrected chi connectivity index (χ4v) is 5.50. The quantitative estimate of drug-likeness (QED) is 0.391. The second-order valence-corrected chi connectivity index (χ2v) is 9.28. The molecule has 5 rings (SSSR count). The van der Waals surface area contributed by atoms with Gasteiger partial charge in [-0.05, 0) is 48.4 Å². The Labute approximate surface area is 197 Å². The lowest BCUT2D eigenvalue weighted by Gasteiger charge is -2.26. The van der Waals surface area contributed by atoms with E-state index in [-0.39, 0.29) is 30.1 Å². The number of nitrogens with one attached hydrogen (secondary N) is 1. The molecule has 3 aliphatic rings. The second kappa shape index (κ2) is 8.89. The maximum atomic E-state index is 13.3. The van der Waals surface area contributed by atoms with Crippen molar-refractivity contribution < 1.29 is 23.9 Å². The number of aryl methyl sites for hydroxylation is 1. The molecule has 7 nitrogen and oxygen atoms in total.